The second kappa shape index (κ2) is 4.94. The lowest BCUT2D eigenvalue weighted by atomic mass is 9.93. The first-order chi connectivity index (χ1) is 9.60. The molecule has 2 aliphatic rings. The number of pyridine rings is 1. The SMILES string of the molecule is CCC1C2CNCC2CN1C(=O)c1cc(O)[nH]c(=O)c1. The molecule has 0 aromatic carbocycles. The number of fused-ring (bicyclic) bond motifs is 1. The van der Waals surface area contributed by atoms with Gasteiger partial charge in [0.25, 0.3) is 11.5 Å². The van der Waals surface area contributed by atoms with Gasteiger partial charge >= 0.3 is 0 Å². The van der Waals surface area contributed by atoms with Crippen molar-refractivity contribution in [3.05, 3.63) is 28.0 Å². The summed E-state index contributed by atoms with van der Waals surface area (Å²) in [6.45, 7) is 4.71. The first kappa shape index (κ1) is 13.2. The standard InChI is InChI=1S/C14H19N3O3/c1-2-11-10-6-15-5-9(10)7-17(11)14(20)8-3-12(18)16-13(19)4-8/h3-4,9-11,15H,2,5-7H2,1H3,(H2,16,18,19). The normalized spacial score (nSPS) is 28.6. The molecule has 1 aromatic rings. The highest BCUT2D eigenvalue weighted by atomic mass is 16.3. The molecule has 6 nitrogen and oxygen atoms in total. The molecule has 108 valence electrons. The van der Waals surface area contributed by atoms with Gasteiger partial charge in [-0.1, -0.05) is 6.92 Å². The van der Waals surface area contributed by atoms with Crippen molar-refractivity contribution in [3.63, 3.8) is 0 Å². The van der Waals surface area contributed by atoms with E-state index in [1.54, 1.807) is 0 Å². The first-order valence-corrected chi connectivity index (χ1v) is 7.05. The van der Waals surface area contributed by atoms with Gasteiger partial charge in [-0.25, -0.2) is 0 Å². The van der Waals surface area contributed by atoms with Crippen LogP contribution in [0.1, 0.15) is 23.7 Å². The third kappa shape index (κ3) is 2.10. The lowest BCUT2D eigenvalue weighted by Crippen LogP contribution is -2.39. The van der Waals surface area contributed by atoms with E-state index in [2.05, 4.69) is 17.2 Å². The maximum absolute atomic E-state index is 12.6. The van der Waals surface area contributed by atoms with Crippen molar-refractivity contribution in [2.24, 2.45) is 11.8 Å². The van der Waals surface area contributed by atoms with Crippen molar-refractivity contribution < 1.29 is 9.90 Å². The van der Waals surface area contributed by atoms with Crippen molar-refractivity contribution in [2.45, 2.75) is 19.4 Å². The van der Waals surface area contributed by atoms with Crippen LogP contribution in [0.25, 0.3) is 0 Å². The van der Waals surface area contributed by atoms with E-state index in [1.165, 1.54) is 12.1 Å². The van der Waals surface area contributed by atoms with Gasteiger partial charge in [0.05, 0.1) is 5.56 Å². The minimum Gasteiger partial charge on any atom is -0.494 e. The van der Waals surface area contributed by atoms with Crippen LogP contribution in [-0.2, 0) is 0 Å². The summed E-state index contributed by atoms with van der Waals surface area (Å²) in [5, 5.41) is 12.8. The number of aromatic amines is 1. The smallest absolute Gasteiger partial charge is 0.254 e. The van der Waals surface area contributed by atoms with Gasteiger partial charge < -0.3 is 15.3 Å². The number of aromatic hydroxyl groups is 1. The maximum Gasteiger partial charge on any atom is 0.254 e. The minimum absolute atomic E-state index is 0.160. The number of carbonyl (C=O) groups is 1. The molecule has 1 aromatic heterocycles. The van der Waals surface area contributed by atoms with Crippen LogP contribution in [0.4, 0.5) is 0 Å². The maximum atomic E-state index is 12.6. The van der Waals surface area contributed by atoms with E-state index in [0.717, 1.165) is 26.1 Å². The monoisotopic (exact) mass is 277 g/mol. The summed E-state index contributed by atoms with van der Waals surface area (Å²) in [6, 6.07) is 2.79. The Kier molecular flexibility index (Phi) is 3.25. The molecule has 2 saturated heterocycles. The summed E-state index contributed by atoms with van der Waals surface area (Å²) in [5.41, 5.74) is -0.194. The fourth-order valence-electron chi connectivity index (χ4n) is 3.60. The Morgan fingerprint density at radius 2 is 2.25 bits per heavy atom. The molecule has 0 bridgehead atoms. The van der Waals surface area contributed by atoms with Gasteiger partial charge in [-0.3, -0.25) is 14.6 Å². The highest BCUT2D eigenvalue weighted by Gasteiger charge is 2.45. The number of rotatable bonds is 2. The molecule has 0 spiro atoms. The summed E-state index contributed by atoms with van der Waals surface area (Å²) in [7, 11) is 0. The quantitative estimate of drug-likeness (QED) is 0.718. The summed E-state index contributed by atoms with van der Waals surface area (Å²) in [4.78, 5) is 28.1. The second-order valence-corrected chi connectivity index (χ2v) is 5.63. The van der Waals surface area contributed by atoms with Crippen LogP contribution in [0.3, 0.4) is 0 Å². The number of nitrogens with one attached hydrogen (secondary N) is 2. The van der Waals surface area contributed by atoms with Crippen LogP contribution in [0.15, 0.2) is 16.9 Å². The zero-order valence-corrected chi connectivity index (χ0v) is 11.4. The van der Waals surface area contributed by atoms with Crippen LogP contribution in [0, 0.1) is 11.8 Å². The number of aromatic nitrogens is 1. The molecular weight excluding hydrogens is 258 g/mol. The van der Waals surface area contributed by atoms with Gasteiger partial charge in [-0.2, -0.15) is 0 Å². The summed E-state index contributed by atoms with van der Waals surface area (Å²) >= 11 is 0. The highest BCUT2D eigenvalue weighted by molar-refractivity contribution is 5.94. The largest absolute Gasteiger partial charge is 0.494 e. The van der Waals surface area contributed by atoms with Crippen LogP contribution >= 0.6 is 0 Å². The average molecular weight is 277 g/mol. The molecular formula is C14H19N3O3. The van der Waals surface area contributed by atoms with Crippen molar-refractivity contribution in [2.75, 3.05) is 19.6 Å². The van der Waals surface area contributed by atoms with E-state index in [-0.39, 0.29) is 23.4 Å². The zero-order valence-electron chi connectivity index (χ0n) is 11.4. The van der Waals surface area contributed by atoms with E-state index in [0.29, 0.717) is 11.8 Å². The molecule has 6 heteroatoms. The van der Waals surface area contributed by atoms with Gasteiger partial charge in [0.2, 0.25) is 0 Å². The van der Waals surface area contributed by atoms with Crippen LogP contribution in [0.2, 0.25) is 0 Å². The molecule has 3 unspecified atom stereocenters. The molecule has 2 aliphatic heterocycles. The van der Waals surface area contributed by atoms with Crippen molar-refractivity contribution >= 4 is 5.91 Å². The topological polar surface area (TPSA) is 85.4 Å². The third-order valence-corrected chi connectivity index (χ3v) is 4.47. The average Bonchev–Trinajstić information content (AvgIpc) is 2.96. The second-order valence-electron chi connectivity index (χ2n) is 5.63. The molecule has 3 N–H and O–H groups in total. The Balaban J connectivity index is 1.88. The lowest BCUT2D eigenvalue weighted by molar-refractivity contribution is 0.0711. The molecule has 0 radical (unpaired) electrons. The highest BCUT2D eigenvalue weighted by Crippen LogP contribution is 2.35. The van der Waals surface area contributed by atoms with E-state index in [9.17, 15) is 14.7 Å². The summed E-state index contributed by atoms with van der Waals surface area (Å²) in [6.07, 6.45) is 0.907. The number of likely N-dealkylation sites (tertiary alicyclic amines) is 1. The predicted octanol–water partition coefficient (Wildman–Crippen LogP) is 0.150. The molecule has 2 fully saturated rings. The molecule has 0 saturated carbocycles. The third-order valence-electron chi connectivity index (χ3n) is 4.47. The lowest BCUT2D eigenvalue weighted by Gasteiger charge is -2.27. The molecule has 20 heavy (non-hydrogen) atoms. The predicted molar refractivity (Wildman–Crippen MR) is 73.7 cm³/mol. The Hall–Kier alpha value is -1.82. The van der Waals surface area contributed by atoms with Crippen molar-refractivity contribution in [1.82, 2.24) is 15.2 Å². The molecule has 3 rings (SSSR count). The number of H-pyrrole nitrogens is 1. The van der Waals surface area contributed by atoms with Gasteiger partial charge in [-0.15, -0.1) is 0 Å². The van der Waals surface area contributed by atoms with Crippen LogP contribution in [0.5, 0.6) is 5.88 Å². The molecule has 0 aliphatic carbocycles. The molecule has 1 amide bonds. The Morgan fingerprint density at radius 3 is 2.95 bits per heavy atom. The number of carbonyl (C=O) groups excluding carboxylic acids is 1. The Labute approximate surface area is 116 Å². The molecule has 3 atom stereocenters. The van der Waals surface area contributed by atoms with E-state index in [4.69, 9.17) is 0 Å². The summed E-state index contributed by atoms with van der Waals surface area (Å²) in [5.74, 6) is 0.571. The fourth-order valence-corrected chi connectivity index (χ4v) is 3.60. The van der Waals surface area contributed by atoms with Gasteiger partial charge in [0.15, 0.2) is 5.88 Å². The number of hydrogen-bond donors (Lipinski definition) is 3. The van der Waals surface area contributed by atoms with Gasteiger partial charge in [-0.05, 0) is 18.3 Å². The van der Waals surface area contributed by atoms with Crippen molar-refractivity contribution in [1.29, 1.82) is 0 Å². The number of nitrogens with zero attached hydrogens (tertiary/aromatic N) is 1. The zero-order chi connectivity index (χ0) is 14.3. The first-order valence-electron chi connectivity index (χ1n) is 7.05. The van der Waals surface area contributed by atoms with Crippen LogP contribution in [-0.4, -0.2) is 46.6 Å². The summed E-state index contributed by atoms with van der Waals surface area (Å²) < 4.78 is 0. The van der Waals surface area contributed by atoms with Crippen LogP contribution < -0.4 is 10.9 Å². The van der Waals surface area contributed by atoms with Crippen molar-refractivity contribution in [3.8, 4) is 5.88 Å². The number of amides is 1. The fraction of sp³-hybridized carbons (Fsp3) is 0.571. The van der Waals surface area contributed by atoms with Gasteiger partial charge in [0, 0.05) is 37.8 Å². The molecule has 3 heterocycles. The number of hydrogen-bond acceptors (Lipinski definition) is 4. The minimum atomic E-state index is -0.456. The van der Waals surface area contributed by atoms with Gasteiger partial charge in [0.1, 0.15) is 0 Å². The van der Waals surface area contributed by atoms with E-state index >= 15 is 0 Å². The van der Waals surface area contributed by atoms with E-state index in [1.807, 2.05) is 4.90 Å². The Bertz CT molecular complexity index is 583. The van der Waals surface area contributed by atoms with E-state index < -0.39 is 5.56 Å². The Morgan fingerprint density at radius 1 is 1.45 bits per heavy atom.